The summed E-state index contributed by atoms with van der Waals surface area (Å²) in [4.78, 5) is 34.4. The summed E-state index contributed by atoms with van der Waals surface area (Å²) < 4.78 is 0. The van der Waals surface area contributed by atoms with Crippen molar-refractivity contribution in [2.24, 2.45) is 11.8 Å². The smallest absolute Gasteiger partial charge is 0.326 e. The van der Waals surface area contributed by atoms with Gasteiger partial charge in [0.15, 0.2) is 0 Å². The van der Waals surface area contributed by atoms with Crippen molar-refractivity contribution in [1.29, 1.82) is 0 Å². The Morgan fingerprint density at radius 2 is 1.24 bits per heavy atom. The number of halogens is 1. The molecule has 9 nitrogen and oxygen atoms in total. The predicted octanol–water partition coefficient (Wildman–Crippen LogP) is 2.35. The fraction of sp³-hybridized carbons (Fsp3) is 0.667. The molecule has 0 radical (unpaired) electrons. The standard InChI is InChI=1S/C15H24ClN5O4/c1-7(2)5-9(11(22)23)17-14-19-13(16)20-15(21-14)18-10(12(24)25)6-8(3)4/h7-10H,5-6H2,1-4H3,(H,22,23)(H,24,25)(H2,17,18,19,20,21)/t9-,10-/m0/s1. The molecule has 0 bridgehead atoms. The molecule has 0 aliphatic carbocycles. The number of hydrogen-bond acceptors (Lipinski definition) is 7. The van der Waals surface area contributed by atoms with E-state index in [9.17, 15) is 19.8 Å². The maximum absolute atomic E-state index is 11.3. The van der Waals surface area contributed by atoms with E-state index in [0.29, 0.717) is 12.8 Å². The van der Waals surface area contributed by atoms with E-state index in [-0.39, 0.29) is 29.0 Å². The maximum atomic E-state index is 11.3. The van der Waals surface area contributed by atoms with E-state index in [2.05, 4.69) is 25.6 Å². The number of carbonyl (C=O) groups is 2. The van der Waals surface area contributed by atoms with Crippen LogP contribution >= 0.6 is 11.6 Å². The van der Waals surface area contributed by atoms with Crippen LogP contribution in [0.2, 0.25) is 5.28 Å². The first-order valence-electron chi connectivity index (χ1n) is 7.98. The van der Waals surface area contributed by atoms with Crippen LogP contribution in [-0.4, -0.2) is 49.2 Å². The van der Waals surface area contributed by atoms with Crippen LogP contribution in [0.5, 0.6) is 0 Å². The maximum Gasteiger partial charge on any atom is 0.326 e. The van der Waals surface area contributed by atoms with Crippen molar-refractivity contribution >= 4 is 35.4 Å². The Bertz CT molecular complexity index is 563. The van der Waals surface area contributed by atoms with Gasteiger partial charge in [0.2, 0.25) is 17.2 Å². The van der Waals surface area contributed by atoms with Crippen LogP contribution in [0.4, 0.5) is 11.9 Å². The Labute approximate surface area is 151 Å². The van der Waals surface area contributed by atoms with Gasteiger partial charge in [-0.3, -0.25) is 0 Å². The van der Waals surface area contributed by atoms with Gasteiger partial charge >= 0.3 is 11.9 Å². The number of hydrogen-bond donors (Lipinski definition) is 4. The molecule has 0 saturated heterocycles. The molecule has 0 unspecified atom stereocenters. The highest BCUT2D eigenvalue weighted by molar-refractivity contribution is 6.28. The summed E-state index contributed by atoms with van der Waals surface area (Å²) in [6.07, 6.45) is 0.735. The minimum Gasteiger partial charge on any atom is -0.480 e. The minimum atomic E-state index is -1.04. The zero-order valence-corrected chi connectivity index (χ0v) is 15.4. The number of nitrogens with zero attached hydrogens (tertiary/aromatic N) is 3. The van der Waals surface area contributed by atoms with Gasteiger partial charge in [-0.2, -0.15) is 15.0 Å². The largest absolute Gasteiger partial charge is 0.480 e. The molecular formula is C15H24ClN5O4. The van der Waals surface area contributed by atoms with Crippen molar-refractivity contribution in [3.05, 3.63) is 5.28 Å². The van der Waals surface area contributed by atoms with Gasteiger partial charge in [0, 0.05) is 0 Å². The lowest BCUT2D eigenvalue weighted by Gasteiger charge is -2.18. The normalized spacial score (nSPS) is 13.6. The van der Waals surface area contributed by atoms with Gasteiger partial charge in [0.05, 0.1) is 0 Å². The number of nitrogens with one attached hydrogen (secondary N) is 2. The summed E-state index contributed by atoms with van der Waals surface area (Å²) in [5.74, 6) is -1.84. The van der Waals surface area contributed by atoms with Gasteiger partial charge in [-0.25, -0.2) is 9.59 Å². The second kappa shape index (κ2) is 9.36. The van der Waals surface area contributed by atoms with Crippen LogP contribution in [0.15, 0.2) is 0 Å². The third kappa shape index (κ3) is 7.51. The molecule has 0 aliphatic rings. The Hall–Kier alpha value is -2.16. The summed E-state index contributed by atoms with van der Waals surface area (Å²) >= 11 is 5.85. The summed E-state index contributed by atoms with van der Waals surface area (Å²) in [6.45, 7) is 7.59. The van der Waals surface area contributed by atoms with E-state index in [4.69, 9.17) is 11.6 Å². The quantitative estimate of drug-likeness (QED) is 0.486. The fourth-order valence-electron chi connectivity index (χ4n) is 2.18. The van der Waals surface area contributed by atoms with Gasteiger partial charge in [-0.15, -0.1) is 0 Å². The van der Waals surface area contributed by atoms with Crippen LogP contribution in [0, 0.1) is 11.8 Å². The SMILES string of the molecule is CC(C)C[C@H](Nc1nc(Cl)nc(N[C@@H](CC(C)C)C(=O)O)n1)C(=O)O. The van der Waals surface area contributed by atoms with E-state index in [1.54, 1.807) is 0 Å². The second-order valence-electron chi connectivity index (χ2n) is 6.58. The first-order valence-corrected chi connectivity index (χ1v) is 8.36. The molecule has 25 heavy (non-hydrogen) atoms. The summed E-state index contributed by atoms with van der Waals surface area (Å²) in [5.41, 5.74) is 0. The molecular weight excluding hydrogens is 350 g/mol. The molecule has 0 saturated carbocycles. The molecule has 1 heterocycles. The molecule has 0 aromatic carbocycles. The highest BCUT2D eigenvalue weighted by Crippen LogP contribution is 2.16. The number of anilines is 2. The van der Waals surface area contributed by atoms with Crippen molar-refractivity contribution in [2.75, 3.05) is 10.6 Å². The summed E-state index contributed by atoms with van der Waals surface area (Å²) in [7, 11) is 0. The molecule has 0 fully saturated rings. The molecule has 4 N–H and O–H groups in total. The molecule has 140 valence electrons. The van der Waals surface area contributed by atoms with Crippen molar-refractivity contribution in [1.82, 2.24) is 15.0 Å². The van der Waals surface area contributed by atoms with Crippen molar-refractivity contribution in [3.8, 4) is 0 Å². The average molecular weight is 374 g/mol. The minimum absolute atomic E-state index is 0.0239. The van der Waals surface area contributed by atoms with Crippen LogP contribution in [0.3, 0.4) is 0 Å². The van der Waals surface area contributed by atoms with Gasteiger partial charge < -0.3 is 20.8 Å². The van der Waals surface area contributed by atoms with Gasteiger partial charge in [-0.1, -0.05) is 27.7 Å². The highest BCUT2D eigenvalue weighted by Gasteiger charge is 2.23. The topological polar surface area (TPSA) is 137 Å². The fourth-order valence-corrected chi connectivity index (χ4v) is 2.34. The number of rotatable bonds is 10. The first-order chi connectivity index (χ1) is 11.6. The predicted molar refractivity (Wildman–Crippen MR) is 93.8 cm³/mol. The Kier molecular flexibility index (Phi) is 7.82. The summed E-state index contributed by atoms with van der Waals surface area (Å²) in [6, 6.07) is -1.78. The molecule has 1 rings (SSSR count). The lowest BCUT2D eigenvalue weighted by molar-refractivity contribution is -0.139. The van der Waals surface area contributed by atoms with E-state index in [1.165, 1.54) is 0 Å². The number of carboxylic acid groups (broad SMARTS) is 2. The number of aliphatic carboxylic acids is 2. The van der Waals surface area contributed by atoms with Crippen molar-refractivity contribution in [3.63, 3.8) is 0 Å². The third-order valence-electron chi connectivity index (χ3n) is 3.23. The second-order valence-corrected chi connectivity index (χ2v) is 6.92. The molecule has 1 aromatic heterocycles. The van der Waals surface area contributed by atoms with E-state index in [1.807, 2.05) is 27.7 Å². The van der Waals surface area contributed by atoms with Crippen LogP contribution in [0.1, 0.15) is 40.5 Å². The zero-order chi connectivity index (χ0) is 19.1. The lowest BCUT2D eigenvalue weighted by atomic mass is 10.0. The third-order valence-corrected chi connectivity index (χ3v) is 3.39. The average Bonchev–Trinajstić information content (AvgIpc) is 2.44. The van der Waals surface area contributed by atoms with E-state index in [0.717, 1.165) is 0 Å². The van der Waals surface area contributed by atoms with Gasteiger partial charge in [0.1, 0.15) is 12.1 Å². The highest BCUT2D eigenvalue weighted by atomic mass is 35.5. The van der Waals surface area contributed by atoms with Crippen LogP contribution in [0.25, 0.3) is 0 Å². The van der Waals surface area contributed by atoms with E-state index < -0.39 is 24.0 Å². The summed E-state index contributed by atoms with van der Waals surface area (Å²) in [5, 5.41) is 23.8. The molecule has 10 heteroatoms. The van der Waals surface area contributed by atoms with Gasteiger partial charge in [0.25, 0.3) is 0 Å². The Morgan fingerprint density at radius 1 is 0.880 bits per heavy atom. The number of carboxylic acids is 2. The van der Waals surface area contributed by atoms with Crippen LogP contribution in [-0.2, 0) is 9.59 Å². The first kappa shape index (κ1) is 20.9. The molecule has 0 aliphatic heterocycles. The van der Waals surface area contributed by atoms with E-state index >= 15 is 0 Å². The Morgan fingerprint density at radius 3 is 1.52 bits per heavy atom. The Balaban J connectivity index is 2.97. The van der Waals surface area contributed by atoms with Crippen molar-refractivity contribution in [2.45, 2.75) is 52.6 Å². The molecule has 0 amide bonds. The molecule has 1 aromatic rings. The van der Waals surface area contributed by atoms with Crippen LogP contribution < -0.4 is 10.6 Å². The molecule has 2 atom stereocenters. The van der Waals surface area contributed by atoms with Gasteiger partial charge in [-0.05, 0) is 36.3 Å². The zero-order valence-electron chi connectivity index (χ0n) is 14.7. The lowest BCUT2D eigenvalue weighted by Crippen LogP contribution is -2.33. The monoisotopic (exact) mass is 373 g/mol. The molecule has 0 spiro atoms. The number of aromatic nitrogens is 3. The van der Waals surface area contributed by atoms with Crippen molar-refractivity contribution < 1.29 is 19.8 Å².